The molecule has 1 aliphatic heterocycles. The lowest BCUT2D eigenvalue weighted by Gasteiger charge is -2.30. The van der Waals surface area contributed by atoms with E-state index in [0.717, 1.165) is 12.0 Å². The summed E-state index contributed by atoms with van der Waals surface area (Å²) in [6, 6.07) is 6.79. The molecule has 0 spiro atoms. The Labute approximate surface area is 106 Å². The van der Waals surface area contributed by atoms with Crippen molar-refractivity contribution < 1.29 is 9.59 Å². The second-order valence-corrected chi connectivity index (χ2v) is 4.34. The Balaban J connectivity index is 2.28. The quantitative estimate of drug-likeness (QED) is 0.843. The van der Waals surface area contributed by atoms with E-state index >= 15 is 0 Å². The van der Waals surface area contributed by atoms with Crippen LogP contribution in [-0.2, 0) is 11.3 Å². The largest absolute Gasteiger partial charge is 0.337 e. The SMILES string of the molecule is CCC1CNC(=O)N(c2ccc(CN)cc2)C1=O. The Morgan fingerprint density at radius 1 is 1.33 bits per heavy atom. The van der Waals surface area contributed by atoms with Gasteiger partial charge in [0.1, 0.15) is 0 Å². The van der Waals surface area contributed by atoms with Gasteiger partial charge in [0.15, 0.2) is 0 Å². The number of benzene rings is 1. The Morgan fingerprint density at radius 2 is 2.00 bits per heavy atom. The maximum atomic E-state index is 12.2. The molecule has 18 heavy (non-hydrogen) atoms. The molecule has 0 saturated carbocycles. The molecule has 1 fully saturated rings. The van der Waals surface area contributed by atoms with Crippen LogP contribution in [-0.4, -0.2) is 18.5 Å². The first-order chi connectivity index (χ1) is 8.67. The Morgan fingerprint density at radius 3 is 2.56 bits per heavy atom. The van der Waals surface area contributed by atoms with Crippen molar-refractivity contribution in [2.45, 2.75) is 19.9 Å². The second-order valence-electron chi connectivity index (χ2n) is 4.34. The molecule has 5 heteroatoms. The van der Waals surface area contributed by atoms with Crippen molar-refractivity contribution in [2.24, 2.45) is 11.7 Å². The third kappa shape index (κ3) is 2.22. The number of hydrogen-bond acceptors (Lipinski definition) is 3. The van der Waals surface area contributed by atoms with Crippen molar-refractivity contribution >= 4 is 17.6 Å². The summed E-state index contributed by atoms with van der Waals surface area (Å²) < 4.78 is 0. The zero-order valence-electron chi connectivity index (χ0n) is 10.3. The number of carbonyl (C=O) groups excluding carboxylic acids is 2. The van der Waals surface area contributed by atoms with Crippen molar-refractivity contribution in [3.8, 4) is 0 Å². The van der Waals surface area contributed by atoms with E-state index in [0.29, 0.717) is 18.8 Å². The van der Waals surface area contributed by atoms with Crippen LogP contribution in [0.15, 0.2) is 24.3 Å². The highest BCUT2D eigenvalue weighted by molar-refractivity contribution is 6.16. The molecular weight excluding hydrogens is 230 g/mol. The van der Waals surface area contributed by atoms with Crippen LogP contribution in [0.2, 0.25) is 0 Å². The molecule has 1 heterocycles. The van der Waals surface area contributed by atoms with Crippen molar-refractivity contribution in [3.05, 3.63) is 29.8 Å². The molecular formula is C13H17N3O2. The normalized spacial score (nSPS) is 19.9. The number of nitrogens with two attached hydrogens (primary N) is 1. The highest BCUT2D eigenvalue weighted by Gasteiger charge is 2.33. The van der Waals surface area contributed by atoms with Crippen LogP contribution in [0.1, 0.15) is 18.9 Å². The van der Waals surface area contributed by atoms with Crippen molar-refractivity contribution in [1.29, 1.82) is 0 Å². The van der Waals surface area contributed by atoms with E-state index in [1.807, 2.05) is 19.1 Å². The van der Waals surface area contributed by atoms with E-state index in [4.69, 9.17) is 5.73 Å². The smallest absolute Gasteiger partial charge is 0.328 e. The summed E-state index contributed by atoms with van der Waals surface area (Å²) in [5, 5.41) is 2.73. The van der Waals surface area contributed by atoms with Gasteiger partial charge in [-0.3, -0.25) is 4.79 Å². The first kappa shape index (κ1) is 12.6. The van der Waals surface area contributed by atoms with E-state index in [-0.39, 0.29) is 17.9 Å². The molecule has 3 N–H and O–H groups in total. The number of imide groups is 1. The van der Waals surface area contributed by atoms with Crippen LogP contribution in [0, 0.1) is 5.92 Å². The number of amides is 3. The number of nitrogens with zero attached hydrogens (tertiary/aromatic N) is 1. The summed E-state index contributed by atoms with van der Waals surface area (Å²) in [6.07, 6.45) is 0.719. The van der Waals surface area contributed by atoms with Crippen LogP contribution in [0.25, 0.3) is 0 Å². The third-order valence-electron chi connectivity index (χ3n) is 3.20. The number of nitrogens with one attached hydrogen (secondary N) is 1. The molecule has 0 aromatic heterocycles. The van der Waals surface area contributed by atoms with Crippen LogP contribution in [0.4, 0.5) is 10.5 Å². The van der Waals surface area contributed by atoms with Gasteiger partial charge in [-0.2, -0.15) is 0 Å². The maximum absolute atomic E-state index is 12.2. The average Bonchev–Trinajstić information content (AvgIpc) is 2.40. The zero-order valence-corrected chi connectivity index (χ0v) is 10.3. The van der Waals surface area contributed by atoms with Gasteiger partial charge in [-0.05, 0) is 24.1 Å². The minimum atomic E-state index is -0.356. The molecule has 0 bridgehead atoms. The zero-order chi connectivity index (χ0) is 13.1. The van der Waals surface area contributed by atoms with Crippen LogP contribution >= 0.6 is 0 Å². The maximum Gasteiger partial charge on any atom is 0.328 e. The predicted molar refractivity (Wildman–Crippen MR) is 69.0 cm³/mol. The molecule has 0 aliphatic carbocycles. The minimum absolute atomic E-state index is 0.137. The Hall–Kier alpha value is -1.88. The van der Waals surface area contributed by atoms with Crippen LogP contribution < -0.4 is 16.0 Å². The molecule has 1 saturated heterocycles. The van der Waals surface area contributed by atoms with Gasteiger partial charge in [0.05, 0.1) is 11.6 Å². The van der Waals surface area contributed by atoms with E-state index in [1.54, 1.807) is 12.1 Å². The van der Waals surface area contributed by atoms with E-state index in [1.165, 1.54) is 4.90 Å². The molecule has 1 atom stereocenters. The van der Waals surface area contributed by atoms with Crippen LogP contribution in [0.3, 0.4) is 0 Å². The summed E-state index contributed by atoms with van der Waals surface area (Å²) in [4.78, 5) is 25.2. The van der Waals surface area contributed by atoms with Gasteiger partial charge in [0, 0.05) is 13.1 Å². The summed E-state index contributed by atoms with van der Waals surface area (Å²) in [5.41, 5.74) is 7.08. The van der Waals surface area contributed by atoms with E-state index in [2.05, 4.69) is 5.32 Å². The monoisotopic (exact) mass is 247 g/mol. The van der Waals surface area contributed by atoms with Crippen molar-refractivity contribution in [2.75, 3.05) is 11.4 Å². The lowest BCUT2D eigenvalue weighted by Crippen LogP contribution is -2.55. The van der Waals surface area contributed by atoms with Crippen molar-refractivity contribution in [3.63, 3.8) is 0 Å². The number of rotatable bonds is 3. The summed E-state index contributed by atoms with van der Waals surface area (Å²) >= 11 is 0. The van der Waals surface area contributed by atoms with E-state index < -0.39 is 0 Å². The summed E-state index contributed by atoms with van der Waals surface area (Å²) in [5.74, 6) is -0.279. The van der Waals surface area contributed by atoms with E-state index in [9.17, 15) is 9.59 Å². The molecule has 0 radical (unpaired) electrons. The van der Waals surface area contributed by atoms with Gasteiger partial charge >= 0.3 is 6.03 Å². The number of anilines is 1. The molecule has 1 aromatic rings. The summed E-state index contributed by atoms with van der Waals surface area (Å²) in [7, 11) is 0. The number of carbonyl (C=O) groups is 2. The Bertz CT molecular complexity index is 456. The number of urea groups is 1. The minimum Gasteiger partial charge on any atom is -0.337 e. The highest BCUT2D eigenvalue weighted by Crippen LogP contribution is 2.21. The second kappa shape index (κ2) is 5.18. The first-order valence-electron chi connectivity index (χ1n) is 6.08. The number of hydrogen-bond donors (Lipinski definition) is 2. The molecule has 1 aliphatic rings. The van der Waals surface area contributed by atoms with Gasteiger partial charge in [-0.1, -0.05) is 19.1 Å². The molecule has 1 unspecified atom stereocenters. The molecule has 3 amide bonds. The molecule has 2 rings (SSSR count). The van der Waals surface area contributed by atoms with Gasteiger partial charge in [0.2, 0.25) is 5.91 Å². The molecule has 96 valence electrons. The third-order valence-corrected chi connectivity index (χ3v) is 3.20. The lowest BCUT2D eigenvalue weighted by atomic mass is 10.0. The molecule has 5 nitrogen and oxygen atoms in total. The molecule has 1 aromatic carbocycles. The average molecular weight is 247 g/mol. The predicted octanol–water partition coefficient (Wildman–Crippen LogP) is 1.23. The first-order valence-corrected chi connectivity index (χ1v) is 6.08. The standard InChI is InChI=1S/C13H17N3O2/c1-2-10-8-15-13(18)16(12(10)17)11-5-3-9(7-14)4-6-11/h3-6,10H,2,7-8,14H2,1H3,(H,15,18). The summed E-state index contributed by atoms with van der Waals surface area (Å²) in [6.45, 7) is 2.80. The van der Waals surface area contributed by atoms with Crippen LogP contribution in [0.5, 0.6) is 0 Å². The topological polar surface area (TPSA) is 75.4 Å². The van der Waals surface area contributed by atoms with Gasteiger partial charge < -0.3 is 11.1 Å². The highest BCUT2D eigenvalue weighted by atomic mass is 16.2. The Kier molecular flexibility index (Phi) is 3.62. The lowest BCUT2D eigenvalue weighted by molar-refractivity contribution is -0.122. The fraction of sp³-hybridized carbons (Fsp3) is 0.385. The fourth-order valence-electron chi connectivity index (χ4n) is 2.00. The fourth-order valence-corrected chi connectivity index (χ4v) is 2.00. The van der Waals surface area contributed by atoms with Gasteiger partial charge in [0.25, 0.3) is 0 Å². The van der Waals surface area contributed by atoms with Crippen molar-refractivity contribution in [1.82, 2.24) is 5.32 Å². The van der Waals surface area contributed by atoms with Gasteiger partial charge in [-0.25, -0.2) is 9.69 Å². The van der Waals surface area contributed by atoms with Gasteiger partial charge in [-0.15, -0.1) is 0 Å².